The summed E-state index contributed by atoms with van der Waals surface area (Å²) in [6, 6.07) is -7.53. The molecule has 48 nitrogen and oxygen atoms in total. The van der Waals surface area contributed by atoms with Gasteiger partial charge in [0.2, 0.25) is 23.6 Å². The lowest BCUT2D eigenvalue weighted by atomic mass is 9.93. The van der Waals surface area contributed by atoms with E-state index < -0.39 is 346 Å². The van der Waals surface area contributed by atoms with E-state index >= 15 is 0 Å². The van der Waals surface area contributed by atoms with Crippen LogP contribution in [-0.4, -0.2) is 469 Å². The van der Waals surface area contributed by atoms with Crippen molar-refractivity contribution in [2.45, 2.75) is 311 Å². The zero-order valence-electron chi connectivity index (χ0n) is 60.0. The van der Waals surface area contributed by atoms with Crippen molar-refractivity contribution in [1.29, 1.82) is 0 Å². The fourth-order valence-corrected chi connectivity index (χ4v) is 13.9. The lowest BCUT2D eigenvalue weighted by Crippen LogP contribution is -2.72. The van der Waals surface area contributed by atoms with Gasteiger partial charge in [-0.15, -0.1) is 0 Å². The largest absolute Gasteiger partial charge is 0.394 e. The van der Waals surface area contributed by atoms with Gasteiger partial charge in [0, 0.05) is 27.7 Å². The lowest BCUT2D eigenvalue weighted by Gasteiger charge is -2.52. The number of ether oxygens (including phenoxy) is 16. The summed E-state index contributed by atoms with van der Waals surface area (Å²) in [6.07, 6.45) is -82.6. The van der Waals surface area contributed by atoms with Crippen molar-refractivity contribution >= 4 is 23.6 Å². The quantitative estimate of drug-likeness (QED) is 0.0306. The average Bonchev–Trinajstić information content (AvgIpc) is 0.760. The molecule has 0 spiro atoms. The minimum Gasteiger partial charge on any atom is -0.394 e. The highest BCUT2D eigenvalue weighted by atomic mass is 16.8. The van der Waals surface area contributed by atoms with Crippen LogP contribution in [-0.2, 0) is 95.0 Å². The van der Waals surface area contributed by atoms with Crippen molar-refractivity contribution in [3.63, 3.8) is 0 Å². The molecule has 0 unspecified atom stereocenters. The zero-order valence-corrected chi connectivity index (χ0v) is 60.0. The van der Waals surface area contributed by atoms with Gasteiger partial charge in [-0.3, -0.25) is 19.2 Å². The van der Waals surface area contributed by atoms with Gasteiger partial charge in [0.05, 0.1) is 71.1 Å². The number of aliphatic hydroxyl groups excluding tert-OH is 24. The summed E-state index contributed by atoms with van der Waals surface area (Å²) >= 11 is 0. The van der Waals surface area contributed by atoms with Gasteiger partial charge in [-0.2, -0.15) is 0 Å². The third-order valence-electron chi connectivity index (χ3n) is 19.9. The first kappa shape index (κ1) is 91.8. The van der Waals surface area contributed by atoms with Crippen LogP contribution >= 0.6 is 0 Å². The van der Waals surface area contributed by atoms with Crippen LogP contribution in [0.25, 0.3) is 0 Å². The molecule has 638 valence electrons. The molecule has 0 bridgehead atoms. The van der Waals surface area contributed by atoms with Crippen molar-refractivity contribution in [1.82, 2.24) is 21.3 Å². The number of hydrogen-bond donors (Lipinski definition) is 28. The van der Waals surface area contributed by atoms with E-state index in [1.165, 1.54) is 13.8 Å². The third-order valence-corrected chi connectivity index (χ3v) is 19.9. The molecule has 0 aromatic carbocycles. The van der Waals surface area contributed by atoms with E-state index in [1.807, 2.05) is 0 Å². The molecule has 0 aromatic rings. The Balaban J connectivity index is 1.17. The molecular formula is C62H106N4O44. The Morgan fingerprint density at radius 3 is 1.25 bits per heavy atom. The predicted octanol–water partition coefficient (Wildman–Crippen LogP) is -18.4. The number of carbonyl (C=O) groups excluding carboxylic acids is 4. The van der Waals surface area contributed by atoms with Gasteiger partial charge in [-0.1, -0.05) is 0 Å². The summed E-state index contributed by atoms with van der Waals surface area (Å²) in [5, 5.41) is 276. The Labute approximate surface area is 625 Å². The molecule has 8 heterocycles. The van der Waals surface area contributed by atoms with E-state index in [4.69, 9.17) is 75.8 Å². The molecule has 0 radical (unpaired) electrons. The molecule has 0 aliphatic carbocycles. The fraction of sp³-hybridized carbons (Fsp3) is 0.935. The van der Waals surface area contributed by atoms with Gasteiger partial charge in [-0.05, 0) is 13.8 Å². The number of hydrogen-bond acceptors (Lipinski definition) is 44. The number of amides is 4. The predicted molar refractivity (Wildman–Crippen MR) is 343 cm³/mol. The van der Waals surface area contributed by atoms with E-state index in [2.05, 4.69) is 21.3 Å². The smallest absolute Gasteiger partial charge is 0.217 e. The number of carbonyl (C=O) groups is 4. The molecule has 8 saturated heterocycles. The third kappa shape index (κ3) is 20.8. The minimum atomic E-state index is -2.57. The van der Waals surface area contributed by atoms with E-state index in [0.717, 1.165) is 27.7 Å². The summed E-state index contributed by atoms with van der Waals surface area (Å²) in [7, 11) is 0. The highest BCUT2D eigenvalue weighted by Gasteiger charge is 2.61. The lowest BCUT2D eigenvalue weighted by molar-refractivity contribution is -0.401. The Morgan fingerprint density at radius 1 is 0.318 bits per heavy atom. The van der Waals surface area contributed by atoms with E-state index in [9.17, 15) is 142 Å². The van der Waals surface area contributed by atoms with Gasteiger partial charge in [-0.25, -0.2) is 0 Å². The highest BCUT2D eigenvalue weighted by Crippen LogP contribution is 2.40. The summed E-state index contributed by atoms with van der Waals surface area (Å²) in [4.78, 5) is 51.8. The van der Waals surface area contributed by atoms with Crippen molar-refractivity contribution in [3.05, 3.63) is 0 Å². The highest BCUT2D eigenvalue weighted by molar-refractivity contribution is 5.74. The number of aliphatic hydroxyl groups is 24. The van der Waals surface area contributed by atoms with Crippen LogP contribution in [0.3, 0.4) is 0 Å². The molecule has 110 heavy (non-hydrogen) atoms. The molecule has 8 rings (SSSR count). The fourth-order valence-electron chi connectivity index (χ4n) is 13.9. The second kappa shape index (κ2) is 40.4. The van der Waals surface area contributed by atoms with Gasteiger partial charge >= 0.3 is 0 Å². The molecule has 44 atom stereocenters. The topological polar surface area (TPSA) is 750 Å². The zero-order chi connectivity index (χ0) is 81.5. The number of nitrogens with one attached hydrogen (secondary N) is 4. The Kier molecular flexibility index (Phi) is 33.7. The van der Waals surface area contributed by atoms with Gasteiger partial charge in [0.1, 0.15) is 201 Å². The number of rotatable bonds is 31. The molecule has 8 aliphatic rings. The normalized spacial score (nSPS) is 46.6. The van der Waals surface area contributed by atoms with Crippen LogP contribution in [0.4, 0.5) is 0 Å². The Hall–Kier alpha value is -3.72. The monoisotopic (exact) mass is 1610 g/mol. The molecule has 0 aromatic heterocycles. The molecule has 28 N–H and O–H groups in total. The summed E-state index contributed by atoms with van der Waals surface area (Å²) in [5.74, 6) is -3.71. The Bertz CT molecular complexity index is 2880. The van der Waals surface area contributed by atoms with Crippen molar-refractivity contribution in [2.75, 3.05) is 52.9 Å². The maximum Gasteiger partial charge on any atom is 0.217 e. The Morgan fingerprint density at radius 2 is 0.709 bits per heavy atom. The second-order valence-electron chi connectivity index (χ2n) is 27.9. The SMILES string of the molecule is CC(=O)N[C@H]1[C@H](O[C@@H]([C@H](O[C@@H]2O[C@@H](C)[C@@H](O)[C@@H](O)[C@@H]2O)[C@H](CO)NC(C)=O)[C@H](O)CO)O[C@H](CO)[C@@H](O[C@@H]2O[C@H](CO[C@H]3O[C@H](CO)[C@@H](O)[C@H](O)[C@@H]3O)[C@@H](O)[C@H](O[C@H]3O[C@H](CO)[C@@H](O)[C@H](O)[C@@H]3O[C@@H]3O[C@H](CO)[C@@H](O[C@@H]4O[C@H](CO)[C@H](O)[C@H](O)[C@H]4NC(C)=O)[C@H](O[C@@H]4O[C@@H](C)[C@@H](O)[C@@H](O)[C@@H]4O)[C@H]3NC(C)=O)[C@@H]2O)[C@@H]1O. The van der Waals surface area contributed by atoms with Crippen LogP contribution in [0, 0.1) is 0 Å². The first-order valence-corrected chi connectivity index (χ1v) is 35.3. The van der Waals surface area contributed by atoms with Crippen LogP contribution in [0.2, 0.25) is 0 Å². The molecule has 8 aliphatic heterocycles. The summed E-state index contributed by atoms with van der Waals surface area (Å²) in [6.45, 7) is -2.74. The van der Waals surface area contributed by atoms with Crippen LogP contribution in [0.15, 0.2) is 0 Å². The first-order valence-electron chi connectivity index (χ1n) is 35.3. The van der Waals surface area contributed by atoms with Crippen molar-refractivity contribution in [3.8, 4) is 0 Å². The molecule has 4 amide bonds. The van der Waals surface area contributed by atoms with E-state index in [0.29, 0.717) is 0 Å². The maximum atomic E-state index is 13.5. The van der Waals surface area contributed by atoms with Crippen molar-refractivity contribution < 1.29 is 218 Å². The minimum absolute atomic E-state index is 0.845. The van der Waals surface area contributed by atoms with Crippen LogP contribution in [0.5, 0.6) is 0 Å². The van der Waals surface area contributed by atoms with Crippen molar-refractivity contribution in [2.24, 2.45) is 0 Å². The summed E-state index contributed by atoms with van der Waals surface area (Å²) in [5.41, 5.74) is 0. The van der Waals surface area contributed by atoms with E-state index in [-0.39, 0.29) is 0 Å². The van der Waals surface area contributed by atoms with Gasteiger partial charge in [0.25, 0.3) is 0 Å². The first-order chi connectivity index (χ1) is 51.9. The second-order valence-corrected chi connectivity index (χ2v) is 27.9. The average molecular weight is 1610 g/mol. The van der Waals surface area contributed by atoms with Gasteiger partial charge < -0.3 is 220 Å². The van der Waals surface area contributed by atoms with Gasteiger partial charge in [0.15, 0.2) is 50.3 Å². The van der Waals surface area contributed by atoms with Crippen LogP contribution < -0.4 is 21.3 Å². The molecule has 0 saturated carbocycles. The van der Waals surface area contributed by atoms with Crippen LogP contribution in [0.1, 0.15) is 41.5 Å². The molecule has 48 heteroatoms. The standard InChI is InChI=1S/C62H106N4O44/c1-15-32(79)40(87)45(92)59(96-15)104-48(21(7-67)63-17(3)74)49(22(78)8-68)105-56-30(65-19(5)76)39(86)50(26(12-72)101-56)106-61-47(94)53(37(84)28(103-61)14-95-58-44(91)42(89)35(82)24(10-70)99-58)109-62-54(43(90)36(83)25(11-71)100-62)110-57-31(66-20(6)77)52(108-60-46(93)41(88)33(80)16(2)97-60)51(27(13-73)102-57)107-55-29(64-18(4)75)38(85)34(81)23(9-69)98-55/h15-16,21-62,67-73,78-94H,7-14H2,1-6H3,(H,63,74)(H,64,75)(H,65,76)(H,66,77)/t15-,16-,21-,22+,23+,24+,25+,26+,27+,28+,29+,30+,31+,32+,33+,34-,35+,36+,37+,38+,39+,40+,41+,42-,43-,44-,45-,46-,47-,48+,49+,50+,51+,52+,53-,54-,55-,56-,57-,58-,59-,60-,61-,62+/m0/s1. The molecular weight excluding hydrogens is 1500 g/mol. The maximum absolute atomic E-state index is 13.5. The van der Waals surface area contributed by atoms with E-state index in [1.54, 1.807) is 0 Å². The molecule has 8 fully saturated rings. The summed E-state index contributed by atoms with van der Waals surface area (Å²) < 4.78 is 96.3.